The third-order valence-electron chi connectivity index (χ3n) is 6.58. The second-order valence-electron chi connectivity index (χ2n) is 9.65. The summed E-state index contributed by atoms with van der Waals surface area (Å²) < 4.78 is 39.5. The molecule has 0 bridgehead atoms. The molecule has 0 radical (unpaired) electrons. The predicted octanol–water partition coefficient (Wildman–Crippen LogP) is 5.35. The molecule has 0 heterocycles. The first-order valence-electron chi connectivity index (χ1n) is 13.2. The van der Waals surface area contributed by atoms with Crippen LogP contribution in [0.5, 0.6) is 11.5 Å². The van der Waals surface area contributed by atoms with Crippen molar-refractivity contribution in [3.8, 4) is 11.5 Å². The topological polar surface area (TPSA) is 123 Å². The Morgan fingerprint density at radius 2 is 1.55 bits per heavy atom. The molecule has 0 aliphatic heterocycles. The average Bonchev–Trinajstić information content (AvgIpc) is 2.97. The molecule has 0 atom stereocenters. The Kier molecular flexibility index (Phi) is 9.49. The monoisotopic (exact) mass is 587 g/mol. The fourth-order valence-corrected chi connectivity index (χ4v) is 5.71. The summed E-state index contributed by atoms with van der Waals surface area (Å²) in [4.78, 5) is 26.2. The highest BCUT2D eigenvalue weighted by Crippen LogP contribution is 2.28. The van der Waals surface area contributed by atoms with Crippen molar-refractivity contribution < 1.29 is 27.5 Å². The van der Waals surface area contributed by atoms with Crippen LogP contribution in [0.3, 0.4) is 0 Å². The fourth-order valence-electron chi connectivity index (χ4n) is 4.39. The fraction of sp³-hybridized carbons (Fsp3) is 0.188. The number of amides is 2. The summed E-state index contributed by atoms with van der Waals surface area (Å²) in [5.41, 5.74) is 3.48. The average molecular weight is 588 g/mol. The van der Waals surface area contributed by atoms with E-state index in [9.17, 15) is 18.0 Å². The first-order chi connectivity index (χ1) is 20.1. The summed E-state index contributed by atoms with van der Waals surface area (Å²) in [6.45, 7) is 3.88. The van der Waals surface area contributed by atoms with Crippen LogP contribution in [-0.4, -0.2) is 41.0 Å². The lowest BCUT2D eigenvalue weighted by Gasteiger charge is -2.14. The van der Waals surface area contributed by atoms with Crippen LogP contribution in [0.2, 0.25) is 0 Å². The summed E-state index contributed by atoms with van der Waals surface area (Å²) in [6, 6.07) is 23.6. The zero-order valence-corrected chi connectivity index (χ0v) is 24.7. The van der Waals surface area contributed by atoms with Crippen molar-refractivity contribution in [2.45, 2.75) is 25.2 Å². The molecule has 9 nitrogen and oxygen atoms in total. The number of aryl methyl sites for hydroxylation is 2. The molecule has 4 aromatic carbocycles. The molecule has 4 aromatic rings. The van der Waals surface area contributed by atoms with Crippen LogP contribution in [-0.2, 0) is 16.4 Å². The van der Waals surface area contributed by atoms with Gasteiger partial charge in [-0.2, -0.15) is 0 Å². The van der Waals surface area contributed by atoms with Gasteiger partial charge in [0.1, 0.15) is 0 Å². The van der Waals surface area contributed by atoms with E-state index in [2.05, 4.69) is 15.4 Å². The van der Waals surface area contributed by atoms with Crippen LogP contribution in [0, 0.1) is 13.8 Å². The van der Waals surface area contributed by atoms with E-state index in [0.29, 0.717) is 41.4 Å². The van der Waals surface area contributed by atoms with Gasteiger partial charge < -0.3 is 20.1 Å². The van der Waals surface area contributed by atoms with Gasteiger partial charge in [-0.1, -0.05) is 36.4 Å². The lowest BCUT2D eigenvalue weighted by atomic mass is 10.1. The maximum absolute atomic E-state index is 13.2. The molecule has 218 valence electrons. The lowest BCUT2D eigenvalue weighted by Crippen LogP contribution is -2.27. The van der Waals surface area contributed by atoms with Gasteiger partial charge >= 0.3 is 0 Å². The number of ether oxygens (including phenoxy) is 2. The third kappa shape index (κ3) is 7.27. The molecular formula is C32H33N3O6S. The van der Waals surface area contributed by atoms with Crippen LogP contribution < -0.4 is 24.8 Å². The van der Waals surface area contributed by atoms with E-state index in [-0.39, 0.29) is 21.9 Å². The van der Waals surface area contributed by atoms with Crippen molar-refractivity contribution in [1.29, 1.82) is 0 Å². The predicted molar refractivity (Wildman–Crippen MR) is 163 cm³/mol. The van der Waals surface area contributed by atoms with Gasteiger partial charge in [0, 0.05) is 17.8 Å². The molecule has 10 heteroatoms. The maximum atomic E-state index is 13.2. The number of carbonyl (C=O) groups excluding carboxylic acids is 2. The number of sulfonamides is 1. The Morgan fingerprint density at radius 3 is 2.29 bits per heavy atom. The van der Waals surface area contributed by atoms with Crippen LogP contribution in [0.4, 0.5) is 11.4 Å². The third-order valence-corrected chi connectivity index (χ3v) is 8.10. The van der Waals surface area contributed by atoms with Crippen molar-refractivity contribution in [3.05, 3.63) is 113 Å². The highest BCUT2D eigenvalue weighted by molar-refractivity contribution is 7.92. The maximum Gasteiger partial charge on any atom is 0.262 e. The van der Waals surface area contributed by atoms with Crippen molar-refractivity contribution in [3.63, 3.8) is 0 Å². The zero-order chi connectivity index (χ0) is 30.3. The smallest absolute Gasteiger partial charge is 0.262 e. The van der Waals surface area contributed by atoms with E-state index in [4.69, 9.17) is 9.47 Å². The van der Waals surface area contributed by atoms with Gasteiger partial charge in [0.25, 0.3) is 21.8 Å². The number of anilines is 2. The van der Waals surface area contributed by atoms with Gasteiger partial charge in [0.15, 0.2) is 11.5 Å². The number of hydrogen-bond donors (Lipinski definition) is 3. The molecule has 0 unspecified atom stereocenters. The number of hydrogen-bond acceptors (Lipinski definition) is 6. The highest BCUT2D eigenvalue weighted by atomic mass is 32.2. The van der Waals surface area contributed by atoms with Gasteiger partial charge in [0.05, 0.1) is 30.4 Å². The summed E-state index contributed by atoms with van der Waals surface area (Å²) in [6.07, 6.45) is 0.553. The van der Waals surface area contributed by atoms with Crippen molar-refractivity contribution in [2.75, 3.05) is 30.8 Å². The van der Waals surface area contributed by atoms with Crippen LogP contribution in [0.15, 0.2) is 89.8 Å². The lowest BCUT2D eigenvalue weighted by molar-refractivity contribution is 0.0955. The molecule has 42 heavy (non-hydrogen) atoms. The normalized spacial score (nSPS) is 11.0. The quantitative estimate of drug-likeness (QED) is 0.218. The van der Waals surface area contributed by atoms with E-state index in [1.54, 1.807) is 81.8 Å². The van der Waals surface area contributed by atoms with Gasteiger partial charge in [-0.15, -0.1) is 0 Å². The van der Waals surface area contributed by atoms with Gasteiger partial charge in [-0.25, -0.2) is 8.42 Å². The minimum absolute atomic E-state index is 0.0159. The molecule has 3 N–H and O–H groups in total. The summed E-state index contributed by atoms with van der Waals surface area (Å²) in [5.74, 6) is 0.316. The van der Waals surface area contributed by atoms with Crippen LogP contribution in [0.25, 0.3) is 0 Å². The van der Waals surface area contributed by atoms with Gasteiger partial charge in [0.2, 0.25) is 0 Å². The van der Waals surface area contributed by atoms with Crippen LogP contribution in [0.1, 0.15) is 37.4 Å². The number of para-hydroxylation sites is 1. The van der Waals surface area contributed by atoms with Gasteiger partial charge in [-0.3, -0.25) is 14.3 Å². The first kappa shape index (κ1) is 30.1. The van der Waals surface area contributed by atoms with Gasteiger partial charge in [-0.05, 0) is 85.5 Å². The molecule has 0 aliphatic carbocycles. The molecule has 0 saturated carbocycles. The number of rotatable bonds is 11. The molecule has 0 spiro atoms. The largest absolute Gasteiger partial charge is 0.493 e. The second kappa shape index (κ2) is 13.2. The van der Waals surface area contributed by atoms with E-state index < -0.39 is 15.9 Å². The first-order valence-corrected chi connectivity index (χ1v) is 14.7. The zero-order valence-electron chi connectivity index (χ0n) is 23.9. The van der Waals surface area contributed by atoms with E-state index in [1.165, 1.54) is 6.07 Å². The van der Waals surface area contributed by atoms with E-state index in [1.807, 2.05) is 25.1 Å². The Balaban J connectivity index is 1.46. The van der Waals surface area contributed by atoms with Crippen molar-refractivity contribution in [2.24, 2.45) is 0 Å². The molecule has 4 rings (SSSR count). The Bertz CT molecular complexity index is 1720. The Labute approximate surface area is 245 Å². The second-order valence-corrected chi connectivity index (χ2v) is 11.3. The van der Waals surface area contributed by atoms with E-state index >= 15 is 0 Å². The highest BCUT2D eigenvalue weighted by Gasteiger charge is 2.21. The van der Waals surface area contributed by atoms with Crippen LogP contribution >= 0.6 is 0 Å². The van der Waals surface area contributed by atoms with Crippen molar-refractivity contribution >= 4 is 33.2 Å². The number of carbonyl (C=O) groups is 2. The molecule has 0 saturated heterocycles. The van der Waals surface area contributed by atoms with E-state index in [0.717, 1.165) is 11.1 Å². The molecule has 0 fully saturated rings. The summed E-state index contributed by atoms with van der Waals surface area (Å²) >= 11 is 0. The summed E-state index contributed by atoms with van der Waals surface area (Å²) in [7, 11) is -0.832. The standard InChI is InChI=1S/C32H33N3O6S/c1-21-8-7-9-25(18-21)35-42(38,39)30-20-24(14-12-22(30)2)31(36)34-27-11-6-5-10-26(27)32(37)33-17-16-23-13-15-28(40-3)29(19-23)41-4/h5-15,18-20,35H,16-17H2,1-4H3,(H,33,37)(H,34,36). The minimum atomic E-state index is -3.96. The Hall–Kier alpha value is -4.83. The number of nitrogens with one attached hydrogen (secondary N) is 3. The Morgan fingerprint density at radius 1 is 0.786 bits per heavy atom. The SMILES string of the molecule is COc1ccc(CCNC(=O)c2ccccc2NC(=O)c2ccc(C)c(S(=O)(=O)Nc3cccc(C)c3)c2)cc1OC. The molecule has 2 amide bonds. The number of benzene rings is 4. The minimum Gasteiger partial charge on any atom is -0.493 e. The number of methoxy groups -OCH3 is 2. The van der Waals surface area contributed by atoms with Crippen molar-refractivity contribution in [1.82, 2.24) is 5.32 Å². The summed E-state index contributed by atoms with van der Waals surface area (Å²) in [5, 5.41) is 5.63. The molecule has 0 aliphatic rings. The molecule has 0 aromatic heterocycles. The molecular weight excluding hydrogens is 554 g/mol.